The van der Waals surface area contributed by atoms with Gasteiger partial charge < -0.3 is 9.63 Å². The fourth-order valence-electron chi connectivity index (χ4n) is 0.846. The molecule has 0 atom stereocenters. The molecule has 0 aliphatic rings. The zero-order valence-corrected chi connectivity index (χ0v) is 6.58. The maximum atomic E-state index is 8.67. The molecule has 66 valence electrons. The summed E-state index contributed by atoms with van der Waals surface area (Å²) in [6.07, 6.45) is 2.97. The molecule has 13 heavy (non-hydrogen) atoms. The standard InChI is InChI=1S/C7H6N4O2/c12-3-6-10-7(11-13-6)5-1-2-8-4-9-5/h1-2,4,12H,3H2. The third kappa shape index (κ3) is 1.52. The average molecular weight is 178 g/mol. The molecule has 0 bridgehead atoms. The van der Waals surface area contributed by atoms with E-state index >= 15 is 0 Å². The van der Waals surface area contributed by atoms with Crippen molar-refractivity contribution in [3.8, 4) is 11.5 Å². The Bertz CT molecular complexity index is 386. The van der Waals surface area contributed by atoms with Gasteiger partial charge in [0, 0.05) is 6.20 Å². The van der Waals surface area contributed by atoms with Crippen molar-refractivity contribution >= 4 is 0 Å². The van der Waals surface area contributed by atoms with Crippen LogP contribution in [0.4, 0.5) is 0 Å². The highest BCUT2D eigenvalue weighted by Crippen LogP contribution is 2.10. The second-order valence-corrected chi connectivity index (χ2v) is 2.26. The van der Waals surface area contributed by atoms with Gasteiger partial charge in [0.05, 0.1) is 0 Å². The lowest BCUT2D eigenvalue weighted by molar-refractivity contribution is 0.222. The quantitative estimate of drug-likeness (QED) is 0.697. The number of hydrogen-bond acceptors (Lipinski definition) is 6. The van der Waals surface area contributed by atoms with E-state index in [2.05, 4.69) is 20.1 Å². The summed E-state index contributed by atoms with van der Waals surface area (Å²) < 4.78 is 4.70. The molecule has 0 aliphatic heterocycles. The number of aliphatic hydroxyl groups excluding tert-OH is 1. The van der Waals surface area contributed by atoms with Gasteiger partial charge in [-0.1, -0.05) is 5.16 Å². The van der Waals surface area contributed by atoms with Crippen LogP contribution in [-0.2, 0) is 6.61 Å². The number of aliphatic hydroxyl groups is 1. The summed E-state index contributed by atoms with van der Waals surface area (Å²) in [6.45, 7) is -0.266. The summed E-state index contributed by atoms with van der Waals surface area (Å²) >= 11 is 0. The van der Waals surface area contributed by atoms with E-state index in [-0.39, 0.29) is 12.5 Å². The monoisotopic (exact) mass is 178 g/mol. The minimum Gasteiger partial charge on any atom is -0.387 e. The van der Waals surface area contributed by atoms with Gasteiger partial charge in [-0.25, -0.2) is 9.97 Å². The first-order valence-electron chi connectivity index (χ1n) is 3.60. The van der Waals surface area contributed by atoms with Crippen molar-refractivity contribution in [3.63, 3.8) is 0 Å². The molecule has 1 N–H and O–H groups in total. The lowest BCUT2D eigenvalue weighted by Crippen LogP contribution is -1.86. The molecular weight excluding hydrogens is 172 g/mol. The van der Waals surface area contributed by atoms with Gasteiger partial charge in [-0.2, -0.15) is 4.98 Å². The van der Waals surface area contributed by atoms with Crippen molar-refractivity contribution in [2.45, 2.75) is 6.61 Å². The first kappa shape index (κ1) is 7.81. The third-order valence-electron chi connectivity index (χ3n) is 1.41. The molecule has 0 aromatic carbocycles. The number of nitrogens with zero attached hydrogens (tertiary/aromatic N) is 4. The topological polar surface area (TPSA) is 84.9 Å². The summed E-state index contributed by atoms with van der Waals surface area (Å²) in [5.41, 5.74) is 0.568. The van der Waals surface area contributed by atoms with E-state index in [1.165, 1.54) is 6.33 Å². The molecule has 0 spiro atoms. The van der Waals surface area contributed by atoms with Gasteiger partial charge in [0.1, 0.15) is 18.6 Å². The predicted octanol–water partition coefficient (Wildman–Crippen LogP) is 0.0189. The fourth-order valence-corrected chi connectivity index (χ4v) is 0.846. The van der Waals surface area contributed by atoms with Crippen LogP contribution in [0.3, 0.4) is 0 Å². The van der Waals surface area contributed by atoms with Gasteiger partial charge in [-0.3, -0.25) is 0 Å². The Morgan fingerprint density at radius 1 is 1.46 bits per heavy atom. The minimum absolute atomic E-state index is 0.175. The molecule has 6 nitrogen and oxygen atoms in total. The molecule has 0 saturated heterocycles. The van der Waals surface area contributed by atoms with E-state index in [1.807, 2.05) is 0 Å². The van der Waals surface area contributed by atoms with Crippen LogP contribution in [0.2, 0.25) is 0 Å². The van der Waals surface area contributed by atoms with Gasteiger partial charge in [0.25, 0.3) is 5.89 Å². The molecule has 0 unspecified atom stereocenters. The Morgan fingerprint density at radius 3 is 3.00 bits per heavy atom. The van der Waals surface area contributed by atoms with Gasteiger partial charge in [0.15, 0.2) is 0 Å². The van der Waals surface area contributed by atoms with Crippen molar-refractivity contribution in [1.29, 1.82) is 0 Å². The van der Waals surface area contributed by atoms with E-state index in [0.29, 0.717) is 11.5 Å². The van der Waals surface area contributed by atoms with E-state index in [1.54, 1.807) is 12.3 Å². The number of aromatic nitrogens is 4. The second-order valence-electron chi connectivity index (χ2n) is 2.26. The van der Waals surface area contributed by atoms with Gasteiger partial charge in [-0.15, -0.1) is 0 Å². The van der Waals surface area contributed by atoms with Crippen LogP contribution < -0.4 is 0 Å². The summed E-state index contributed by atoms with van der Waals surface area (Å²) in [5.74, 6) is 0.528. The van der Waals surface area contributed by atoms with Crippen LogP contribution in [0.1, 0.15) is 5.89 Å². The van der Waals surface area contributed by atoms with E-state index in [4.69, 9.17) is 9.63 Å². The minimum atomic E-state index is -0.266. The zero-order chi connectivity index (χ0) is 9.10. The Kier molecular flexibility index (Phi) is 1.97. The lowest BCUT2D eigenvalue weighted by atomic mass is 10.4. The number of rotatable bonds is 2. The summed E-state index contributed by atoms with van der Waals surface area (Å²) in [7, 11) is 0. The van der Waals surface area contributed by atoms with E-state index in [9.17, 15) is 0 Å². The molecule has 0 saturated carbocycles. The van der Waals surface area contributed by atoms with Crippen LogP contribution in [0.5, 0.6) is 0 Å². The van der Waals surface area contributed by atoms with Crippen molar-refractivity contribution in [1.82, 2.24) is 20.1 Å². The maximum Gasteiger partial charge on any atom is 0.252 e. The van der Waals surface area contributed by atoms with Crippen molar-refractivity contribution < 1.29 is 9.63 Å². The zero-order valence-electron chi connectivity index (χ0n) is 6.58. The van der Waals surface area contributed by atoms with Gasteiger partial charge in [0.2, 0.25) is 5.82 Å². The third-order valence-corrected chi connectivity index (χ3v) is 1.41. The number of hydrogen-bond donors (Lipinski definition) is 1. The normalized spacial score (nSPS) is 10.2. The van der Waals surface area contributed by atoms with Crippen LogP contribution in [-0.4, -0.2) is 25.2 Å². The SMILES string of the molecule is OCc1nc(-c2ccncn2)no1. The van der Waals surface area contributed by atoms with Gasteiger partial charge >= 0.3 is 0 Å². The molecule has 0 fully saturated rings. The van der Waals surface area contributed by atoms with Crippen molar-refractivity contribution in [3.05, 3.63) is 24.5 Å². The Labute approximate surface area is 73.3 Å². The highest BCUT2D eigenvalue weighted by molar-refractivity contribution is 5.46. The predicted molar refractivity (Wildman–Crippen MR) is 41.2 cm³/mol. The Balaban J connectivity index is 2.36. The molecule has 0 aliphatic carbocycles. The molecule has 6 heteroatoms. The van der Waals surface area contributed by atoms with Crippen LogP contribution >= 0.6 is 0 Å². The molecule has 2 aromatic rings. The highest BCUT2D eigenvalue weighted by atomic mass is 16.5. The smallest absolute Gasteiger partial charge is 0.252 e. The molecule has 0 radical (unpaired) electrons. The molecule has 2 heterocycles. The first-order valence-corrected chi connectivity index (χ1v) is 3.60. The lowest BCUT2D eigenvalue weighted by Gasteiger charge is -1.88. The fraction of sp³-hybridized carbons (Fsp3) is 0.143. The van der Waals surface area contributed by atoms with E-state index in [0.717, 1.165) is 0 Å². The van der Waals surface area contributed by atoms with Crippen LogP contribution in [0.25, 0.3) is 11.5 Å². The Morgan fingerprint density at radius 2 is 2.38 bits per heavy atom. The van der Waals surface area contributed by atoms with Crippen molar-refractivity contribution in [2.75, 3.05) is 0 Å². The van der Waals surface area contributed by atoms with E-state index < -0.39 is 0 Å². The molecular formula is C7H6N4O2. The maximum absolute atomic E-state index is 8.67. The Hall–Kier alpha value is -1.82. The molecule has 0 amide bonds. The summed E-state index contributed by atoms with van der Waals surface area (Å²) in [5, 5.41) is 12.3. The van der Waals surface area contributed by atoms with Crippen LogP contribution in [0, 0.1) is 0 Å². The largest absolute Gasteiger partial charge is 0.387 e. The average Bonchev–Trinajstić information content (AvgIpc) is 2.67. The summed E-state index contributed by atoms with van der Waals surface area (Å²) in [6, 6.07) is 1.66. The highest BCUT2D eigenvalue weighted by Gasteiger charge is 2.07. The second kappa shape index (κ2) is 3.28. The summed E-state index contributed by atoms with van der Waals surface area (Å²) in [4.78, 5) is 11.6. The molecule has 2 rings (SSSR count). The molecule has 2 aromatic heterocycles. The van der Waals surface area contributed by atoms with Crippen LogP contribution in [0.15, 0.2) is 23.1 Å². The van der Waals surface area contributed by atoms with Crippen molar-refractivity contribution in [2.24, 2.45) is 0 Å². The van der Waals surface area contributed by atoms with Gasteiger partial charge in [-0.05, 0) is 6.07 Å². The first-order chi connectivity index (χ1) is 6.40.